The first-order valence-electron chi connectivity index (χ1n) is 7.13. The number of hydrogen-bond donors (Lipinski definition) is 2. The molecule has 0 bridgehead atoms. The molecule has 1 aliphatic rings. The Bertz CT molecular complexity index is 438. The minimum absolute atomic E-state index is 0.222. The molecule has 0 amide bonds. The number of ether oxygens (including phenoxy) is 1. The van der Waals surface area contributed by atoms with Crippen molar-refractivity contribution in [2.24, 2.45) is 10.7 Å². The fourth-order valence-corrected chi connectivity index (χ4v) is 1.95. The van der Waals surface area contributed by atoms with E-state index in [0.717, 1.165) is 25.3 Å². The molecule has 0 saturated carbocycles. The van der Waals surface area contributed by atoms with Gasteiger partial charge in [0, 0.05) is 25.5 Å². The van der Waals surface area contributed by atoms with E-state index in [2.05, 4.69) is 20.4 Å². The molecular weight excluding hydrogens is 258 g/mol. The molecule has 2 heterocycles. The first-order chi connectivity index (χ1) is 9.65. The van der Waals surface area contributed by atoms with Crippen LogP contribution in [0.15, 0.2) is 9.52 Å². The van der Waals surface area contributed by atoms with E-state index >= 15 is 0 Å². The summed E-state index contributed by atoms with van der Waals surface area (Å²) in [7, 11) is 0. The Morgan fingerprint density at radius 2 is 2.40 bits per heavy atom. The normalized spacial score (nSPS) is 19.8. The van der Waals surface area contributed by atoms with Crippen LogP contribution in [0.4, 0.5) is 0 Å². The van der Waals surface area contributed by atoms with Crippen molar-refractivity contribution in [3.05, 3.63) is 11.7 Å². The molecule has 0 spiro atoms. The van der Waals surface area contributed by atoms with Crippen LogP contribution in [0.2, 0.25) is 0 Å². The third kappa shape index (κ3) is 4.48. The van der Waals surface area contributed by atoms with Gasteiger partial charge < -0.3 is 20.3 Å². The summed E-state index contributed by atoms with van der Waals surface area (Å²) in [5.41, 5.74) is 5.79. The molecule has 1 saturated heterocycles. The smallest absolute Gasteiger partial charge is 0.228 e. The zero-order chi connectivity index (χ0) is 14.4. The number of nitrogens with zero attached hydrogens (tertiary/aromatic N) is 3. The number of rotatable bonds is 6. The Labute approximate surface area is 119 Å². The maximum absolute atomic E-state index is 5.79. The minimum Gasteiger partial charge on any atom is -0.376 e. The molecule has 1 aromatic heterocycles. The van der Waals surface area contributed by atoms with Gasteiger partial charge in [-0.05, 0) is 12.8 Å². The van der Waals surface area contributed by atoms with Crippen molar-refractivity contribution in [2.45, 2.75) is 45.1 Å². The van der Waals surface area contributed by atoms with Crippen molar-refractivity contribution in [2.75, 3.05) is 19.7 Å². The summed E-state index contributed by atoms with van der Waals surface area (Å²) in [5, 5.41) is 6.95. The Morgan fingerprint density at radius 1 is 1.55 bits per heavy atom. The molecule has 7 heteroatoms. The molecule has 112 valence electrons. The van der Waals surface area contributed by atoms with Gasteiger partial charge in [-0.25, -0.2) is 0 Å². The van der Waals surface area contributed by atoms with E-state index in [-0.39, 0.29) is 12.0 Å². The second-order valence-corrected chi connectivity index (χ2v) is 5.24. The minimum atomic E-state index is 0.222. The topological polar surface area (TPSA) is 98.6 Å². The molecule has 0 aliphatic carbocycles. The molecule has 1 aliphatic heterocycles. The van der Waals surface area contributed by atoms with E-state index < -0.39 is 0 Å². The molecular formula is C13H23N5O2. The summed E-state index contributed by atoms with van der Waals surface area (Å²) in [6.45, 7) is 6.14. The van der Waals surface area contributed by atoms with Crippen molar-refractivity contribution >= 4 is 5.96 Å². The SMILES string of the molecule is CC(C)c1noc(CCNC(N)=NCC2CCCO2)n1. The predicted molar refractivity (Wildman–Crippen MR) is 75.6 cm³/mol. The van der Waals surface area contributed by atoms with Gasteiger partial charge in [0.2, 0.25) is 5.89 Å². The molecule has 2 rings (SSSR count). The number of nitrogens with two attached hydrogens (primary N) is 1. The van der Waals surface area contributed by atoms with Crippen LogP contribution in [0.1, 0.15) is 44.3 Å². The van der Waals surface area contributed by atoms with E-state index in [1.54, 1.807) is 0 Å². The Kier molecular flexibility index (Phi) is 5.34. The fraction of sp³-hybridized carbons (Fsp3) is 0.769. The first kappa shape index (κ1) is 14.8. The maximum Gasteiger partial charge on any atom is 0.228 e. The Balaban J connectivity index is 1.67. The third-order valence-electron chi connectivity index (χ3n) is 3.13. The lowest BCUT2D eigenvalue weighted by atomic mass is 10.2. The molecule has 20 heavy (non-hydrogen) atoms. The van der Waals surface area contributed by atoms with E-state index in [9.17, 15) is 0 Å². The van der Waals surface area contributed by atoms with Gasteiger partial charge >= 0.3 is 0 Å². The van der Waals surface area contributed by atoms with Gasteiger partial charge in [0.05, 0.1) is 12.6 Å². The van der Waals surface area contributed by atoms with Crippen molar-refractivity contribution < 1.29 is 9.26 Å². The van der Waals surface area contributed by atoms with Crippen LogP contribution in [-0.2, 0) is 11.2 Å². The number of aliphatic imine (C=N–C) groups is 1. The third-order valence-corrected chi connectivity index (χ3v) is 3.13. The zero-order valence-electron chi connectivity index (χ0n) is 12.1. The van der Waals surface area contributed by atoms with Crippen LogP contribution < -0.4 is 11.1 Å². The van der Waals surface area contributed by atoms with Gasteiger partial charge in [0.1, 0.15) is 0 Å². The van der Waals surface area contributed by atoms with Crippen LogP contribution in [0.3, 0.4) is 0 Å². The lowest BCUT2D eigenvalue weighted by Crippen LogP contribution is -2.34. The molecule has 7 nitrogen and oxygen atoms in total. The summed E-state index contributed by atoms with van der Waals surface area (Å²) < 4.78 is 10.6. The molecule has 1 aromatic rings. The molecule has 1 fully saturated rings. The number of hydrogen-bond acceptors (Lipinski definition) is 5. The predicted octanol–water partition coefficient (Wildman–Crippen LogP) is 0.819. The summed E-state index contributed by atoms with van der Waals surface area (Å²) >= 11 is 0. The average molecular weight is 281 g/mol. The van der Waals surface area contributed by atoms with Gasteiger partial charge in [-0.15, -0.1) is 0 Å². The lowest BCUT2D eigenvalue weighted by molar-refractivity contribution is 0.118. The van der Waals surface area contributed by atoms with Crippen LogP contribution in [0.5, 0.6) is 0 Å². The number of guanidine groups is 1. The highest BCUT2D eigenvalue weighted by molar-refractivity contribution is 5.77. The highest BCUT2D eigenvalue weighted by Crippen LogP contribution is 2.11. The van der Waals surface area contributed by atoms with Gasteiger partial charge in [-0.1, -0.05) is 19.0 Å². The average Bonchev–Trinajstić information content (AvgIpc) is 3.07. The first-order valence-corrected chi connectivity index (χ1v) is 7.13. The van der Waals surface area contributed by atoms with Gasteiger partial charge in [-0.2, -0.15) is 4.98 Å². The Morgan fingerprint density at radius 3 is 3.05 bits per heavy atom. The molecule has 0 radical (unpaired) electrons. The van der Waals surface area contributed by atoms with Crippen molar-refractivity contribution in [3.63, 3.8) is 0 Å². The summed E-state index contributed by atoms with van der Waals surface area (Å²) in [5.74, 6) is 2.07. The maximum atomic E-state index is 5.79. The summed E-state index contributed by atoms with van der Waals surface area (Å²) in [6, 6.07) is 0. The highest BCUT2D eigenvalue weighted by Gasteiger charge is 2.14. The van der Waals surface area contributed by atoms with E-state index in [4.69, 9.17) is 15.0 Å². The molecule has 1 atom stereocenters. The molecule has 1 unspecified atom stereocenters. The number of aromatic nitrogens is 2. The number of nitrogens with one attached hydrogen (secondary N) is 1. The van der Waals surface area contributed by atoms with E-state index in [1.807, 2.05) is 13.8 Å². The van der Waals surface area contributed by atoms with E-state index in [0.29, 0.717) is 31.4 Å². The van der Waals surface area contributed by atoms with Gasteiger partial charge in [-0.3, -0.25) is 4.99 Å². The van der Waals surface area contributed by atoms with Crippen LogP contribution in [0.25, 0.3) is 0 Å². The highest BCUT2D eigenvalue weighted by atomic mass is 16.5. The van der Waals surface area contributed by atoms with Crippen molar-refractivity contribution in [1.82, 2.24) is 15.5 Å². The largest absolute Gasteiger partial charge is 0.376 e. The summed E-state index contributed by atoms with van der Waals surface area (Å²) in [6.07, 6.45) is 3.04. The van der Waals surface area contributed by atoms with Gasteiger partial charge in [0.25, 0.3) is 0 Å². The quantitative estimate of drug-likeness (QED) is 0.591. The molecule has 3 N–H and O–H groups in total. The van der Waals surface area contributed by atoms with Gasteiger partial charge in [0.15, 0.2) is 11.8 Å². The second kappa shape index (κ2) is 7.23. The van der Waals surface area contributed by atoms with Crippen LogP contribution in [-0.4, -0.2) is 41.9 Å². The second-order valence-electron chi connectivity index (χ2n) is 5.24. The lowest BCUT2D eigenvalue weighted by Gasteiger charge is -2.07. The van der Waals surface area contributed by atoms with Crippen molar-refractivity contribution in [1.29, 1.82) is 0 Å². The molecule has 0 aromatic carbocycles. The van der Waals surface area contributed by atoms with E-state index in [1.165, 1.54) is 0 Å². The van der Waals surface area contributed by atoms with Crippen LogP contribution >= 0.6 is 0 Å². The summed E-state index contributed by atoms with van der Waals surface area (Å²) in [4.78, 5) is 8.56. The van der Waals surface area contributed by atoms with Crippen LogP contribution in [0, 0.1) is 0 Å². The monoisotopic (exact) mass is 281 g/mol. The zero-order valence-corrected chi connectivity index (χ0v) is 12.1. The van der Waals surface area contributed by atoms with Crippen molar-refractivity contribution in [3.8, 4) is 0 Å². The fourth-order valence-electron chi connectivity index (χ4n) is 1.95. The Hall–Kier alpha value is -1.63. The standard InChI is InChI=1S/C13H23N5O2/c1-9(2)12-17-11(20-18-12)5-6-15-13(14)16-8-10-4-3-7-19-10/h9-10H,3-8H2,1-2H3,(H3,14,15,16).